The Morgan fingerprint density at radius 2 is 0.487 bits per heavy atom. The van der Waals surface area contributed by atoms with Gasteiger partial charge in [-0.1, -0.05) is 231 Å². The van der Waals surface area contributed by atoms with Gasteiger partial charge in [0, 0.05) is 22.5 Å². The Morgan fingerprint density at radius 3 is 0.850 bits per heavy atom. The zero-order chi connectivity index (χ0) is 52.9. The molecule has 80 heavy (non-hydrogen) atoms. The highest BCUT2D eigenvalue weighted by Crippen LogP contribution is 2.47. The Hall–Kier alpha value is -10.7. The van der Waals surface area contributed by atoms with E-state index in [0.717, 1.165) is 101 Å². The maximum atomic E-state index is 5.28. The minimum Gasteiger partial charge on any atom is -0.292 e. The minimum atomic E-state index is 0.923. The van der Waals surface area contributed by atoms with Crippen molar-refractivity contribution in [3.05, 3.63) is 303 Å². The molecule has 0 amide bonds. The molecule has 0 saturated carbocycles. The number of para-hydroxylation sites is 2. The standard InChI is InChI=1S/C76H50N4/c1-7-21-51(22-8-1)73-65-41-37-60(56-30-20-32-58(46-56)62-40-44-72-70(50-62)78-76(54-27-13-4-14-28-54)80(72)64-35-17-6-18-36-64)48-68(65)74(52-23-9-2-10-24-52)66-42-38-59(47-67(66)73)55-29-19-31-57(45-55)61-39-43-71-69(49-61)77-75(53-25-11-3-12-26-53)79(71)63-33-15-5-16-34-63/h1-50H. The first-order valence-electron chi connectivity index (χ1n) is 27.3. The van der Waals surface area contributed by atoms with Gasteiger partial charge in [0.1, 0.15) is 11.6 Å². The van der Waals surface area contributed by atoms with E-state index >= 15 is 0 Å². The normalized spacial score (nSPS) is 11.5. The lowest BCUT2D eigenvalue weighted by molar-refractivity contribution is 1.10. The summed E-state index contributed by atoms with van der Waals surface area (Å²) < 4.78 is 4.53. The van der Waals surface area contributed by atoms with Gasteiger partial charge in [0.25, 0.3) is 0 Å². The molecular weight excluding hydrogens is 969 g/mol. The Balaban J connectivity index is 0.847. The number of hydrogen-bond acceptors (Lipinski definition) is 2. The van der Waals surface area contributed by atoms with Gasteiger partial charge in [0.2, 0.25) is 0 Å². The van der Waals surface area contributed by atoms with Crippen molar-refractivity contribution in [2.45, 2.75) is 0 Å². The van der Waals surface area contributed by atoms with Crippen LogP contribution in [-0.4, -0.2) is 19.1 Å². The second kappa shape index (κ2) is 19.7. The zero-order valence-electron chi connectivity index (χ0n) is 43.7. The van der Waals surface area contributed by atoms with E-state index in [0.29, 0.717) is 0 Å². The first-order chi connectivity index (χ1) is 39.7. The Morgan fingerprint density at radius 1 is 0.200 bits per heavy atom. The van der Waals surface area contributed by atoms with Crippen LogP contribution in [0, 0.1) is 0 Å². The molecule has 4 nitrogen and oxygen atoms in total. The maximum Gasteiger partial charge on any atom is 0.145 e. The quantitative estimate of drug-likeness (QED) is 0.128. The molecule has 0 unspecified atom stereocenters. The van der Waals surface area contributed by atoms with Crippen molar-refractivity contribution in [2.24, 2.45) is 0 Å². The fraction of sp³-hybridized carbons (Fsp3) is 0. The number of rotatable bonds is 10. The van der Waals surface area contributed by atoms with Crippen LogP contribution in [0.4, 0.5) is 0 Å². The van der Waals surface area contributed by atoms with Gasteiger partial charge in [-0.25, -0.2) is 9.97 Å². The van der Waals surface area contributed by atoms with Gasteiger partial charge >= 0.3 is 0 Å². The van der Waals surface area contributed by atoms with Crippen molar-refractivity contribution >= 4 is 43.6 Å². The van der Waals surface area contributed by atoms with E-state index in [-0.39, 0.29) is 0 Å². The van der Waals surface area contributed by atoms with Crippen LogP contribution in [0.3, 0.4) is 0 Å². The summed E-state index contributed by atoms with van der Waals surface area (Å²) in [6, 6.07) is 109. The molecule has 2 aromatic heterocycles. The first kappa shape index (κ1) is 46.6. The summed E-state index contributed by atoms with van der Waals surface area (Å²) in [5, 5.41) is 4.84. The molecule has 0 fully saturated rings. The van der Waals surface area contributed by atoms with E-state index < -0.39 is 0 Å². The fourth-order valence-corrected chi connectivity index (χ4v) is 11.9. The molecule has 15 rings (SSSR count). The number of hydrogen-bond donors (Lipinski definition) is 0. The van der Waals surface area contributed by atoms with E-state index in [1.807, 2.05) is 0 Å². The molecular formula is C76H50N4. The van der Waals surface area contributed by atoms with Crippen LogP contribution in [-0.2, 0) is 0 Å². The molecule has 13 aromatic carbocycles. The highest BCUT2D eigenvalue weighted by Gasteiger charge is 2.21. The van der Waals surface area contributed by atoms with E-state index in [2.05, 4.69) is 312 Å². The molecule has 0 aliphatic rings. The molecule has 0 radical (unpaired) electrons. The average Bonchev–Trinajstić information content (AvgIpc) is 4.23. The molecule has 4 heteroatoms. The van der Waals surface area contributed by atoms with Crippen LogP contribution in [0.5, 0.6) is 0 Å². The van der Waals surface area contributed by atoms with Gasteiger partial charge < -0.3 is 0 Å². The van der Waals surface area contributed by atoms with E-state index in [1.54, 1.807) is 0 Å². The first-order valence-corrected chi connectivity index (χ1v) is 27.3. The van der Waals surface area contributed by atoms with Crippen LogP contribution in [0.2, 0.25) is 0 Å². The van der Waals surface area contributed by atoms with Crippen molar-refractivity contribution < 1.29 is 0 Å². The van der Waals surface area contributed by atoms with Crippen LogP contribution in [0.15, 0.2) is 303 Å². The topological polar surface area (TPSA) is 35.6 Å². The lowest BCUT2D eigenvalue weighted by Crippen LogP contribution is -1.97. The number of aromatic nitrogens is 4. The predicted octanol–water partition coefficient (Wildman–Crippen LogP) is 20.0. The average molecular weight is 1020 g/mol. The molecule has 0 N–H and O–H groups in total. The number of imidazole rings is 2. The highest BCUT2D eigenvalue weighted by atomic mass is 15.1. The maximum absolute atomic E-state index is 5.28. The lowest BCUT2D eigenvalue weighted by atomic mass is 9.83. The summed E-state index contributed by atoms with van der Waals surface area (Å²) in [6.07, 6.45) is 0. The third-order valence-corrected chi connectivity index (χ3v) is 15.7. The van der Waals surface area contributed by atoms with Gasteiger partial charge in [-0.3, -0.25) is 9.13 Å². The molecule has 15 aromatic rings. The molecule has 0 spiro atoms. The van der Waals surface area contributed by atoms with E-state index in [9.17, 15) is 0 Å². The number of fused-ring (bicyclic) bond motifs is 4. The summed E-state index contributed by atoms with van der Waals surface area (Å²) in [5.74, 6) is 1.85. The SMILES string of the molecule is c1ccc(-c2c3ccc(-c4cccc(-c5ccc6c(c5)nc(-c5ccccc5)n6-c5ccccc5)c4)cc3c(-c3ccccc3)c3ccc(-c4cccc(-c5ccc6c(c5)nc(-c5ccccc5)n6-c5ccccc5)c4)cc23)cc1. The van der Waals surface area contributed by atoms with E-state index in [1.165, 1.54) is 43.8 Å². The summed E-state index contributed by atoms with van der Waals surface area (Å²) >= 11 is 0. The molecule has 0 aliphatic carbocycles. The van der Waals surface area contributed by atoms with Gasteiger partial charge in [-0.2, -0.15) is 0 Å². The molecule has 0 saturated heterocycles. The summed E-state index contributed by atoms with van der Waals surface area (Å²) in [5.41, 5.74) is 22.3. The molecule has 0 bridgehead atoms. The smallest absolute Gasteiger partial charge is 0.145 e. The number of benzene rings is 13. The molecule has 2 heterocycles. The van der Waals surface area contributed by atoms with Gasteiger partial charge in [-0.15, -0.1) is 0 Å². The molecule has 0 atom stereocenters. The van der Waals surface area contributed by atoms with Crippen LogP contribution >= 0.6 is 0 Å². The Labute approximate surface area is 464 Å². The van der Waals surface area contributed by atoms with Gasteiger partial charge in [0.05, 0.1) is 22.1 Å². The Kier molecular flexibility index (Phi) is 11.5. The van der Waals surface area contributed by atoms with Crippen molar-refractivity contribution in [1.82, 2.24) is 19.1 Å². The van der Waals surface area contributed by atoms with Crippen molar-refractivity contribution in [3.63, 3.8) is 0 Å². The second-order valence-corrected chi connectivity index (χ2v) is 20.5. The summed E-state index contributed by atoms with van der Waals surface area (Å²) in [4.78, 5) is 10.6. The molecule has 0 aliphatic heterocycles. The van der Waals surface area contributed by atoms with Crippen molar-refractivity contribution in [2.75, 3.05) is 0 Å². The minimum absolute atomic E-state index is 0.923. The predicted molar refractivity (Wildman–Crippen MR) is 334 cm³/mol. The van der Waals surface area contributed by atoms with Crippen molar-refractivity contribution in [1.29, 1.82) is 0 Å². The summed E-state index contributed by atoms with van der Waals surface area (Å²) in [6.45, 7) is 0. The van der Waals surface area contributed by atoms with Gasteiger partial charge in [-0.05, 0) is 161 Å². The molecule has 374 valence electrons. The summed E-state index contributed by atoms with van der Waals surface area (Å²) in [7, 11) is 0. The van der Waals surface area contributed by atoms with Crippen molar-refractivity contribution in [3.8, 4) is 101 Å². The monoisotopic (exact) mass is 1020 g/mol. The van der Waals surface area contributed by atoms with Crippen LogP contribution < -0.4 is 0 Å². The number of nitrogens with zero attached hydrogens (tertiary/aromatic N) is 4. The van der Waals surface area contributed by atoms with E-state index in [4.69, 9.17) is 9.97 Å². The Bertz CT molecular complexity index is 4470. The van der Waals surface area contributed by atoms with Gasteiger partial charge in [0.15, 0.2) is 0 Å². The third kappa shape index (κ3) is 8.26. The van der Waals surface area contributed by atoms with Crippen LogP contribution in [0.1, 0.15) is 0 Å². The van der Waals surface area contributed by atoms with Crippen LogP contribution in [0.25, 0.3) is 145 Å². The zero-order valence-corrected chi connectivity index (χ0v) is 43.7. The second-order valence-electron chi connectivity index (χ2n) is 20.5. The lowest BCUT2D eigenvalue weighted by Gasteiger charge is -2.20. The largest absolute Gasteiger partial charge is 0.292 e. The fourth-order valence-electron chi connectivity index (χ4n) is 11.9. The third-order valence-electron chi connectivity index (χ3n) is 15.7. The highest BCUT2D eigenvalue weighted by molar-refractivity contribution is 6.22.